The van der Waals surface area contributed by atoms with Crippen molar-refractivity contribution < 1.29 is 23.8 Å². The fourth-order valence-corrected chi connectivity index (χ4v) is 5.98. The molecule has 1 fully saturated rings. The Morgan fingerprint density at radius 3 is 2.60 bits per heavy atom. The van der Waals surface area contributed by atoms with E-state index in [0.29, 0.717) is 30.5 Å². The molecule has 6 nitrogen and oxygen atoms in total. The summed E-state index contributed by atoms with van der Waals surface area (Å²) in [6.45, 7) is 11.4. The number of carbonyl (C=O) groups is 1. The summed E-state index contributed by atoms with van der Waals surface area (Å²) >= 11 is 0. The van der Waals surface area contributed by atoms with E-state index >= 15 is 0 Å². The lowest BCUT2D eigenvalue weighted by Gasteiger charge is -2.34. The van der Waals surface area contributed by atoms with Crippen molar-refractivity contribution in [2.45, 2.75) is 84.4 Å². The first-order valence-electron chi connectivity index (χ1n) is 15.1. The van der Waals surface area contributed by atoms with Crippen LogP contribution in [0.4, 0.5) is 4.39 Å². The number of carboxylic acid groups (broad SMARTS) is 1. The van der Waals surface area contributed by atoms with Crippen molar-refractivity contribution >= 4 is 5.97 Å². The van der Waals surface area contributed by atoms with E-state index in [4.69, 9.17) is 9.47 Å². The molecule has 2 aliphatic rings. The third-order valence-corrected chi connectivity index (χ3v) is 8.96. The maximum atomic E-state index is 15.0. The number of aryl methyl sites for hydroxylation is 1. The zero-order valence-electron chi connectivity index (χ0n) is 25.6. The summed E-state index contributed by atoms with van der Waals surface area (Å²) in [6.07, 6.45) is 4.90. The lowest BCUT2D eigenvalue weighted by atomic mass is 9.82. The SMILES string of the molecule is CCOc1cc(-c2ccc(C3CCc4ccc(C(C5CC5)[C@H](C)C(=O)O)cc4O3)c(CN(C)C(C)(C)C)c2)c(F)cn1. The number of aromatic nitrogens is 1. The number of carboxylic acids is 1. The van der Waals surface area contributed by atoms with Crippen molar-refractivity contribution in [1.82, 2.24) is 9.88 Å². The fraction of sp³-hybridized carbons (Fsp3) is 0.486. The number of nitrogens with zero attached hydrogens (tertiary/aromatic N) is 2. The molecule has 1 aromatic heterocycles. The van der Waals surface area contributed by atoms with Crippen molar-refractivity contribution in [3.63, 3.8) is 0 Å². The molecule has 2 heterocycles. The van der Waals surface area contributed by atoms with Gasteiger partial charge in [0.05, 0.1) is 18.7 Å². The summed E-state index contributed by atoms with van der Waals surface area (Å²) in [5.41, 5.74) is 5.53. The molecule has 1 saturated carbocycles. The molecule has 0 saturated heterocycles. The molecule has 42 heavy (non-hydrogen) atoms. The standard InChI is InChI=1S/C35H43FN2O4/c1-7-41-32-18-28(29(36)19-37-32)24-12-14-27(26(16-24)20-38(6)35(3,4)5)30-15-13-22-8-11-25(17-31(22)42-30)33(23-9-10-23)21(2)34(39)40/h8,11-12,14,16-19,21,23,30,33H,7,9-10,13,15,20H2,1-6H3,(H,39,40)/t21-,30?,33?/m0/s1. The topological polar surface area (TPSA) is 71.9 Å². The van der Waals surface area contributed by atoms with Gasteiger partial charge in [0.15, 0.2) is 0 Å². The molecule has 0 amide bonds. The Morgan fingerprint density at radius 2 is 1.93 bits per heavy atom. The highest BCUT2D eigenvalue weighted by atomic mass is 19.1. The van der Waals surface area contributed by atoms with Gasteiger partial charge in [0.1, 0.15) is 17.7 Å². The molecule has 3 atom stereocenters. The Labute approximate surface area is 248 Å². The van der Waals surface area contributed by atoms with Crippen LogP contribution in [-0.4, -0.2) is 40.2 Å². The average molecular weight is 575 g/mol. The van der Waals surface area contributed by atoms with E-state index in [1.807, 2.05) is 19.9 Å². The quantitative estimate of drug-likeness (QED) is 0.266. The highest BCUT2D eigenvalue weighted by Gasteiger charge is 2.39. The number of hydrogen-bond acceptors (Lipinski definition) is 5. The molecule has 7 heteroatoms. The van der Waals surface area contributed by atoms with Crippen molar-refractivity contribution in [3.05, 3.63) is 76.7 Å². The van der Waals surface area contributed by atoms with Crippen LogP contribution in [0.5, 0.6) is 11.6 Å². The zero-order valence-corrected chi connectivity index (χ0v) is 25.6. The highest BCUT2D eigenvalue weighted by Crippen LogP contribution is 2.48. The molecule has 1 aliphatic heterocycles. The van der Waals surface area contributed by atoms with Gasteiger partial charge in [-0.25, -0.2) is 9.37 Å². The normalized spacial score (nSPS) is 18.2. The first-order valence-corrected chi connectivity index (χ1v) is 15.1. The molecule has 2 aromatic carbocycles. The van der Waals surface area contributed by atoms with E-state index in [1.165, 1.54) is 6.20 Å². The Bertz CT molecular complexity index is 1450. The molecule has 3 aromatic rings. The van der Waals surface area contributed by atoms with E-state index < -0.39 is 17.7 Å². The Morgan fingerprint density at radius 1 is 1.17 bits per heavy atom. The summed E-state index contributed by atoms with van der Waals surface area (Å²) in [5, 5.41) is 9.77. The summed E-state index contributed by atoms with van der Waals surface area (Å²) in [4.78, 5) is 18.3. The predicted molar refractivity (Wildman–Crippen MR) is 162 cm³/mol. The second kappa shape index (κ2) is 12.0. The van der Waals surface area contributed by atoms with Crippen LogP contribution < -0.4 is 9.47 Å². The van der Waals surface area contributed by atoms with Crippen molar-refractivity contribution in [3.8, 4) is 22.8 Å². The van der Waals surface area contributed by atoms with Crippen molar-refractivity contribution in [2.24, 2.45) is 11.8 Å². The van der Waals surface area contributed by atoms with Crippen LogP contribution in [0.3, 0.4) is 0 Å². The molecular weight excluding hydrogens is 531 g/mol. The Balaban J connectivity index is 1.50. The molecule has 0 radical (unpaired) electrons. The lowest BCUT2D eigenvalue weighted by molar-refractivity contribution is -0.142. The van der Waals surface area contributed by atoms with Gasteiger partial charge in [-0.15, -0.1) is 0 Å². The van der Waals surface area contributed by atoms with E-state index in [1.54, 1.807) is 6.07 Å². The van der Waals surface area contributed by atoms with Crippen LogP contribution in [0, 0.1) is 17.7 Å². The molecule has 0 bridgehead atoms. The fourth-order valence-electron chi connectivity index (χ4n) is 5.98. The van der Waals surface area contributed by atoms with Gasteiger partial charge < -0.3 is 14.6 Å². The van der Waals surface area contributed by atoms with Crippen LogP contribution >= 0.6 is 0 Å². The Kier molecular flexibility index (Phi) is 8.61. The van der Waals surface area contributed by atoms with E-state index in [0.717, 1.165) is 59.3 Å². The van der Waals surface area contributed by atoms with Crippen LogP contribution in [-0.2, 0) is 17.8 Å². The number of rotatable bonds is 10. The first-order chi connectivity index (χ1) is 20.0. The number of benzene rings is 2. The van der Waals surface area contributed by atoms with Crippen LogP contribution in [0.25, 0.3) is 11.1 Å². The third kappa shape index (κ3) is 6.46. The second-order valence-corrected chi connectivity index (χ2v) is 12.9. The minimum atomic E-state index is -0.755. The highest BCUT2D eigenvalue weighted by molar-refractivity contribution is 5.71. The van der Waals surface area contributed by atoms with E-state index in [2.05, 4.69) is 68.0 Å². The largest absolute Gasteiger partial charge is 0.485 e. The number of aliphatic carboxylic acids is 1. The number of hydrogen-bond donors (Lipinski definition) is 1. The van der Waals surface area contributed by atoms with Crippen LogP contribution in [0.2, 0.25) is 0 Å². The number of fused-ring (bicyclic) bond motifs is 1. The van der Waals surface area contributed by atoms with Gasteiger partial charge in [0, 0.05) is 23.7 Å². The van der Waals surface area contributed by atoms with E-state index in [9.17, 15) is 14.3 Å². The van der Waals surface area contributed by atoms with Crippen molar-refractivity contribution in [2.75, 3.05) is 13.7 Å². The summed E-state index contributed by atoms with van der Waals surface area (Å²) in [7, 11) is 2.10. The number of pyridine rings is 1. The summed E-state index contributed by atoms with van der Waals surface area (Å²) in [5.74, 6) is 0.0524. The van der Waals surface area contributed by atoms with Gasteiger partial charge >= 0.3 is 5.97 Å². The Hall–Kier alpha value is -3.45. The molecular formula is C35H43FN2O4. The average Bonchev–Trinajstić information content (AvgIpc) is 3.78. The maximum Gasteiger partial charge on any atom is 0.306 e. The smallest absolute Gasteiger partial charge is 0.306 e. The minimum Gasteiger partial charge on any atom is -0.485 e. The van der Waals surface area contributed by atoms with Gasteiger partial charge in [-0.1, -0.05) is 31.2 Å². The molecule has 224 valence electrons. The minimum absolute atomic E-state index is 0.0103. The van der Waals surface area contributed by atoms with Gasteiger partial charge in [0.25, 0.3) is 0 Å². The van der Waals surface area contributed by atoms with Crippen LogP contribution in [0.15, 0.2) is 48.7 Å². The number of ether oxygens (including phenoxy) is 2. The molecule has 0 spiro atoms. The first kappa shape index (κ1) is 30.0. The van der Waals surface area contributed by atoms with Gasteiger partial charge in [-0.3, -0.25) is 9.69 Å². The number of halogens is 1. The second-order valence-electron chi connectivity index (χ2n) is 12.9. The van der Waals surface area contributed by atoms with E-state index in [-0.39, 0.29) is 17.6 Å². The maximum absolute atomic E-state index is 15.0. The monoisotopic (exact) mass is 574 g/mol. The summed E-state index contributed by atoms with van der Waals surface area (Å²) in [6, 6.07) is 14.1. The third-order valence-electron chi connectivity index (χ3n) is 8.96. The molecule has 1 aliphatic carbocycles. The van der Waals surface area contributed by atoms with Crippen LogP contribution in [0.1, 0.15) is 88.2 Å². The lowest BCUT2D eigenvalue weighted by Crippen LogP contribution is -2.37. The molecule has 2 unspecified atom stereocenters. The predicted octanol–water partition coefficient (Wildman–Crippen LogP) is 7.80. The molecule has 5 rings (SSSR count). The van der Waals surface area contributed by atoms with Gasteiger partial charge in [0.2, 0.25) is 5.88 Å². The molecule has 1 N–H and O–H groups in total. The zero-order chi connectivity index (χ0) is 30.2. The summed E-state index contributed by atoms with van der Waals surface area (Å²) < 4.78 is 27.2. The van der Waals surface area contributed by atoms with Gasteiger partial charge in [-0.2, -0.15) is 0 Å². The van der Waals surface area contributed by atoms with Crippen molar-refractivity contribution in [1.29, 1.82) is 0 Å². The van der Waals surface area contributed by atoms with Gasteiger partial charge in [-0.05, 0) is 112 Å².